The van der Waals surface area contributed by atoms with E-state index in [2.05, 4.69) is 10.6 Å². The first-order chi connectivity index (χ1) is 27.6. The number of nitrogens with one attached hydrogen (secondary N) is 3. The molecule has 0 aliphatic heterocycles. The van der Waals surface area contributed by atoms with Gasteiger partial charge in [-0.15, -0.1) is 0 Å². The number of hydroxylamine groups is 2. The van der Waals surface area contributed by atoms with E-state index in [9.17, 15) is 53.4 Å². The lowest BCUT2D eigenvalue weighted by atomic mass is 9.90. The molecule has 0 bridgehead atoms. The molecule has 20 heteroatoms. The van der Waals surface area contributed by atoms with Crippen LogP contribution in [0.4, 0.5) is 0 Å². The normalized spacial score (nSPS) is 12.2. The molecule has 58 heavy (non-hydrogen) atoms. The minimum absolute atomic E-state index is 0.0515. The Morgan fingerprint density at radius 3 is 2.19 bits per heavy atom. The molecule has 310 valence electrons. The number of rotatable bonds is 24. The van der Waals surface area contributed by atoms with Crippen LogP contribution in [0.5, 0.6) is 5.75 Å². The standard InChI is InChI=1S/C38H42N4O16/c1-3-5-6-10-24(27(4-2)42(20-43)58-38(55)23-9-7-8-22(15-23)36(51)52)33(48)39-19-40-35(50)29-14-13-28(57-29)21-11-12-25(30(16-21)56-18-32(46)47)34(49)41-26(37(53)54)17-31(44)45/h7-9,11-16,20,24,26-27H,3-6,10,17-19H2,1-2H3,(H,39,48)(H,40,50)(H,41,49)(H,44,45)(H,46,47)(H,51,52)(H,53,54)/t24?,26?,27-/m1/s1. The number of hydrogen-bond acceptors (Lipinski definition) is 12. The molecule has 0 aliphatic rings. The van der Waals surface area contributed by atoms with E-state index in [-0.39, 0.29) is 58.8 Å². The Bertz CT molecular complexity index is 2010. The Balaban J connectivity index is 1.73. The van der Waals surface area contributed by atoms with Gasteiger partial charge in [-0.2, -0.15) is 5.06 Å². The molecule has 0 aliphatic carbocycles. The summed E-state index contributed by atoms with van der Waals surface area (Å²) in [4.78, 5) is 115. The van der Waals surface area contributed by atoms with Crippen LogP contribution >= 0.6 is 0 Å². The van der Waals surface area contributed by atoms with Crippen LogP contribution in [0.25, 0.3) is 11.3 Å². The second-order valence-corrected chi connectivity index (χ2v) is 12.6. The molecule has 0 fully saturated rings. The Morgan fingerprint density at radius 1 is 0.845 bits per heavy atom. The van der Waals surface area contributed by atoms with Gasteiger partial charge >= 0.3 is 29.8 Å². The van der Waals surface area contributed by atoms with Gasteiger partial charge in [0.2, 0.25) is 12.3 Å². The van der Waals surface area contributed by atoms with Crippen molar-refractivity contribution in [1.82, 2.24) is 21.0 Å². The SMILES string of the molecule is CCCCCC(C(=O)NCNC(=O)c1ccc(-c2ccc(C(=O)NC(CC(=O)O)C(=O)O)c(OCC(=O)O)c2)o1)[C@@H](CC)N(C=O)OC(=O)c1cccc(C(=O)O)c1. The maximum Gasteiger partial charge on any atom is 0.363 e. The number of carboxylic acid groups (broad SMARTS) is 4. The maximum atomic E-state index is 13.5. The van der Waals surface area contributed by atoms with Crippen molar-refractivity contribution < 1.29 is 77.6 Å². The quantitative estimate of drug-likeness (QED) is 0.0296. The van der Waals surface area contributed by atoms with E-state index in [4.69, 9.17) is 24.2 Å². The number of carboxylic acids is 4. The second kappa shape index (κ2) is 21.7. The molecule has 4 amide bonds. The topological polar surface area (TPSA) is 305 Å². The number of benzene rings is 2. The van der Waals surface area contributed by atoms with E-state index in [1.165, 1.54) is 42.5 Å². The first kappa shape index (κ1) is 45.1. The van der Waals surface area contributed by atoms with Crippen molar-refractivity contribution in [1.29, 1.82) is 0 Å². The summed E-state index contributed by atoms with van der Waals surface area (Å²) >= 11 is 0. The fraction of sp³-hybridized carbons (Fsp3) is 0.342. The predicted octanol–water partition coefficient (Wildman–Crippen LogP) is 2.77. The molecule has 3 rings (SSSR count). The van der Waals surface area contributed by atoms with Gasteiger partial charge in [0.25, 0.3) is 11.8 Å². The Morgan fingerprint density at radius 2 is 1.57 bits per heavy atom. The van der Waals surface area contributed by atoms with Gasteiger partial charge in [-0.3, -0.25) is 24.0 Å². The minimum atomic E-state index is -1.80. The van der Waals surface area contributed by atoms with Gasteiger partial charge in [0.05, 0.1) is 41.7 Å². The molecule has 2 aromatic carbocycles. The fourth-order valence-electron chi connectivity index (χ4n) is 5.63. The van der Waals surface area contributed by atoms with Crippen LogP contribution in [0.1, 0.15) is 94.0 Å². The van der Waals surface area contributed by atoms with Gasteiger partial charge in [0.1, 0.15) is 17.6 Å². The molecule has 20 nitrogen and oxygen atoms in total. The number of carbonyl (C=O) groups excluding carboxylic acids is 5. The van der Waals surface area contributed by atoms with Crippen LogP contribution in [0, 0.1) is 5.92 Å². The van der Waals surface area contributed by atoms with Crippen molar-refractivity contribution in [2.45, 2.75) is 64.5 Å². The summed E-state index contributed by atoms with van der Waals surface area (Å²) in [7, 11) is 0. The Labute approximate surface area is 330 Å². The molecule has 0 saturated heterocycles. The van der Waals surface area contributed by atoms with E-state index in [1.807, 2.05) is 12.2 Å². The molecule has 0 saturated carbocycles. The van der Waals surface area contributed by atoms with Crippen molar-refractivity contribution in [3.63, 3.8) is 0 Å². The fourth-order valence-corrected chi connectivity index (χ4v) is 5.63. The third-order valence-corrected chi connectivity index (χ3v) is 8.49. The van der Waals surface area contributed by atoms with Crippen LogP contribution in [-0.4, -0.2) is 105 Å². The molecule has 0 radical (unpaired) electrons. The van der Waals surface area contributed by atoms with Crippen molar-refractivity contribution in [2.24, 2.45) is 5.92 Å². The molecular formula is C38H42N4O16. The molecule has 1 heterocycles. The molecular weight excluding hydrogens is 768 g/mol. The average molecular weight is 811 g/mol. The van der Waals surface area contributed by atoms with E-state index >= 15 is 0 Å². The van der Waals surface area contributed by atoms with Gasteiger partial charge in [0.15, 0.2) is 12.4 Å². The third-order valence-electron chi connectivity index (χ3n) is 8.49. The summed E-state index contributed by atoms with van der Waals surface area (Å²) in [5.41, 5.74) is -0.429. The molecule has 7 N–H and O–H groups in total. The molecule has 3 aromatic rings. The van der Waals surface area contributed by atoms with Crippen molar-refractivity contribution >= 4 is 54.0 Å². The maximum absolute atomic E-state index is 13.5. The largest absolute Gasteiger partial charge is 0.481 e. The number of furan rings is 1. The van der Waals surface area contributed by atoms with Gasteiger partial charge in [-0.1, -0.05) is 45.2 Å². The number of ether oxygens (including phenoxy) is 1. The van der Waals surface area contributed by atoms with E-state index in [0.29, 0.717) is 6.42 Å². The lowest BCUT2D eigenvalue weighted by Gasteiger charge is -2.31. The highest BCUT2D eigenvalue weighted by Crippen LogP contribution is 2.29. The highest BCUT2D eigenvalue weighted by Gasteiger charge is 2.34. The number of aromatic carboxylic acids is 1. The highest BCUT2D eigenvalue weighted by molar-refractivity contribution is 6.00. The van der Waals surface area contributed by atoms with E-state index in [1.54, 1.807) is 6.92 Å². The van der Waals surface area contributed by atoms with Gasteiger partial charge in [-0.25, -0.2) is 19.2 Å². The second-order valence-electron chi connectivity index (χ2n) is 12.6. The number of hydrogen-bond donors (Lipinski definition) is 7. The summed E-state index contributed by atoms with van der Waals surface area (Å²) in [6.07, 6.45) is 1.92. The molecule has 3 atom stereocenters. The smallest absolute Gasteiger partial charge is 0.363 e. The lowest BCUT2D eigenvalue weighted by molar-refractivity contribution is -0.171. The Kier molecular flexibility index (Phi) is 16.9. The van der Waals surface area contributed by atoms with E-state index < -0.39 is 85.3 Å². The zero-order valence-corrected chi connectivity index (χ0v) is 31.3. The van der Waals surface area contributed by atoms with Gasteiger partial charge in [-0.05, 0) is 55.3 Å². The van der Waals surface area contributed by atoms with Gasteiger partial charge in [0, 0.05) is 5.56 Å². The number of nitrogens with zero attached hydrogens (tertiary/aromatic N) is 1. The number of aliphatic carboxylic acids is 3. The monoisotopic (exact) mass is 810 g/mol. The summed E-state index contributed by atoms with van der Waals surface area (Å²) in [5.74, 6) is -10.6. The molecule has 0 spiro atoms. The number of unbranched alkanes of at least 4 members (excludes halogenated alkanes) is 2. The van der Waals surface area contributed by atoms with Crippen LogP contribution in [0.15, 0.2) is 59.0 Å². The summed E-state index contributed by atoms with van der Waals surface area (Å²) in [6.45, 7) is 2.33. The summed E-state index contributed by atoms with van der Waals surface area (Å²) < 4.78 is 10.9. The third kappa shape index (κ3) is 12.9. The van der Waals surface area contributed by atoms with Gasteiger partial charge < -0.3 is 50.4 Å². The number of carbonyl (C=O) groups is 9. The lowest BCUT2D eigenvalue weighted by Crippen LogP contribution is -2.49. The first-order valence-electron chi connectivity index (χ1n) is 17.8. The molecule has 2 unspecified atom stereocenters. The zero-order chi connectivity index (χ0) is 42.9. The van der Waals surface area contributed by atoms with Crippen LogP contribution in [0.3, 0.4) is 0 Å². The summed E-state index contributed by atoms with van der Waals surface area (Å²) in [6, 6.07) is 8.62. The predicted molar refractivity (Wildman–Crippen MR) is 197 cm³/mol. The number of amides is 4. The van der Waals surface area contributed by atoms with Crippen LogP contribution < -0.4 is 20.7 Å². The summed E-state index contributed by atoms with van der Waals surface area (Å²) in [5, 5.41) is 44.5. The average Bonchev–Trinajstić information content (AvgIpc) is 3.69. The first-order valence-corrected chi connectivity index (χ1v) is 17.8. The zero-order valence-electron chi connectivity index (χ0n) is 31.3. The van der Waals surface area contributed by atoms with Crippen LogP contribution in [0.2, 0.25) is 0 Å². The Hall–Kier alpha value is -7.25. The highest BCUT2D eigenvalue weighted by atomic mass is 16.7. The van der Waals surface area contributed by atoms with Crippen molar-refractivity contribution in [2.75, 3.05) is 13.3 Å². The van der Waals surface area contributed by atoms with E-state index in [0.717, 1.165) is 30.0 Å². The van der Waals surface area contributed by atoms with Crippen LogP contribution in [-0.2, 0) is 28.8 Å². The van der Waals surface area contributed by atoms with Crippen molar-refractivity contribution in [3.05, 3.63) is 77.0 Å². The van der Waals surface area contributed by atoms with Crippen molar-refractivity contribution in [3.8, 4) is 17.1 Å². The minimum Gasteiger partial charge on any atom is -0.481 e. The molecule has 1 aromatic heterocycles.